The predicted molar refractivity (Wildman–Crippen MR) is 108 cm³/mol. The van der Waals surface area contributed by atoms with Crippen molar-refractivity contribution in [3.05, 3.63) is 52.3 Å². The van der Waals surface area contributed by atoms with E-state index in [0.29, 0.717) is 11.1 Å². The lowest BCUT2D eigenvalue weighted by Crippen LogP contribution is -2.19. The highest BCUT2D eigenvalue weighted by molar-refractivity contribution is 5.85. The fraction of sp³-hybridized carbons (Fsp3) is 0.381. The van der Waals surface area contributed by atoms with Gasteiger partial charge in [-0.25, -0.2) is 4.39 Å². The molecule has 0 aliphatic carbocycles. The third-order valence-electron chi connectivity index (χ3n) is 4.40. The van der Waals surface area contributed by atoms with Crippen molar-refractivity contribution in [3.8, 4) is 16.9 Å². The predicted octanol–water partition coefficient (Wildman–Crippen LogP) is 4.80. The van der Waals surface area contributed by atoms with E-state index in [0.717, 1.165) is 28.0 Å². The Balaban J connectivity index is 0.00000364. The van der Waals surface area contributed by atoms with Gasteiger partial charge in [-0.3, -0.25) is 4.79 Å². The van der Waals surface area contributed by atoms with Gasteiger partial charge < -0.3 is 15.2 Å². The quantitative estimate of drug-likeness (QED) is 0.713. The number of methoxy groups -OCH3 is 1. The maximum Gasteiger partial charge on any atom is 0.307 e. The van der Waals surface area contributed by atoms with Crippen LogP contribution >= 0.6 is 12.4 Å². The highest BCUT2D eigenvalue weighted by Gasteiger charge is 2.20. The van der Waals surface area contributed by atoms with E-state index in [1.165, 1.54) is 0 Å². The molecule has 0 radical (unpaired) electrons. The number of ether oxygens (including phenoxy) is 2. The first kappa shape index (κ1) is 22.9. The molecular weight excluding hydrogens is 369 g/mol. The fourth-order valence-corrected chi connectivity index (χ4v) is 3.22. The maximum atomic E-state index is 14.7. The van der Waals surface area contributed by atoms with Crippen molar-refractivity contribution in [2.24, 2.45) is 5.73 Å². The molecule has 2 aromatic rings. The first-order chi connectivity index (χ1) is 12.3. The van der Waals surface area contributed by atoms with Gasteiger partial charge in [-0.2, -0.15) is 0 Å². The SMILES string of the molecule is CCOC(=O)C[C@H](N)c1cc(-c2c(C)cc(OC)cc2C)cc(C)c1F.Cl. The van der Waals surface area contributed by atoms with Crippen molar-refractivity contribution in [3.63, 3.8) is 0 Å². The van der Waals surface area contributed by atoms with Crippen LogP contribution in [0.2, 0.25) is 0 Å². The van der Waals surface area contributed by atoms with Gasteiger partial charge >= 0.3 is 5.97 Å². The minimum atomic E-state index is -0.758. The minimum Gasteiger partial charge on any atom is -0.497 e. The second-order valence-corrected chi connectivity index (χ2v) is 6.45. The lowest BCUT2D eigenvalue weighted by atomic mass is 9.90. The third kappa shape index (κ3) is 5.21. The average Bonchev–Trinajstić information content (AvgIpc) is 2.57. The van der Waals surface area contributed by atoms with Gasteiger partial charge in [0.05, 0.1) is 20.1 Å². The van der Waals surface area contributed by atoms with Crippen molar-refractivity contribution in [2.75, 3.05) is 13.7 Å². The molecule has 27 heavy (non-hydrogen) atoms. The summed E-state index contributed by atoms with van der Waals surface area (Å²) in [5.41, 5.74) is 10.9. The normalized spacial score (nSPS) is 11.5. The van der Waals surface area contributed by atoms with Crippen LogP contribution in [0.15, 0.2) is 24.3 Å². The van der Waals surface area contributed by atoms with Crippen LogP contribution in [-0.2, 0) is 9.53 Å². The van der Waals surface area contributed by atoms with Gasteiger partial charge in [-0.05, 0) is 79.8 Å². The van der Waals surface area contributed by atoms with Gasteiger partial charge in [0.2, 0.25) is 0 Å². The van der Waals surface area contributed by atoms with Crippen molar-refractivity contribution in [1.29, 1.82) is 0 Å². The lowest BCUT2D eigenvalue weighted by molar-refractivity contribution is -0.143. The summed E-state index contributed by atoms with van der Waals surface area (Å²) in [5.74, 6) is -0.0320. The molecule has 2 aromatic carbocycles. The zero-order valence-corrected chi connectivity index (χ0v) is 17.2. The molecule has 0 saturated heterocycles. The monoisotopic (exact) mass is 395 g/mol. The van der Waals surface area contributed by atoms with Gasteiger partial charge in [-0.1, -0.05) is 0 Å². The largest absolute Gasteiger partial charge is 0.497 e. The van der Waals surface area contributed by atoms with Crippen molar-refractivity contribution in [1.82, 2.24) is 0 Å². The summed E-state index contributed by atoms with van der Waals surface area (Å²) >= 11 is 0. The van der Waals surface area contributed by atoms with E-state index in [9.17, 15) is 9.18 Å². The number of nitrogens with two attached hydrogens (primary N) is 1. The molecule has 0 spiro atoms. The van der Waals surface area contributed by atoms with Gasteiger partial charge in [-0.15, -0.1) is 12.4 Å². The van der Waals surface area contributed by atoms with Crippen LogP contribution in [0.3, 0.4) is 0 Å². The molecule has 6 heteroatoms. The highest BCUT2D eigenvalue weighted by atomic mass is 35.5. The first-order valence-electron chi connectivity index (χ1n) is 8.65. The summed E-state index contributed by atoms with van der Waals surface area (Å²) in [6, 6.07) is 6.66. The van der Waals surface area contributed by atoms with E-state index >= 15 is 0 Å². The van der Waals surface area contributed by atoms with E-state index in [2.05, 4.69) is 0 Å². The number of hydrogen-bond donors (Lipinski definition) is 1. The van der Waals surface area contributed by atoms with Crippen molar-refractivity contribution in [2.45, 2.75) is 40.2 Å². The smallest absolute Gasteiger partial charge is 0.307 e. The Morgan fingerprint density at radius 1 is 1.11 bits per heavy atom. The minimum absolute atomic E-state index is 0. The third-order valence-corrected chi connectivity index (χ3v) is 4.40. The summed E-state index contributed by atoms with van der Waals surface area (Å²) in [5, 5.41) is 0. The molecule has 0 saturated carbocycles. The molecule has 0 aliphatic rings. The fourth-order valence-electron chi connectivity index (χ4n) is 3.22. The van der Waals surface area contributed by atoms with E-state index in [1.807, 2.05) is 26.0 Å². The van der Waals surface area contributed by atoms with Crippen LogP contribution in [0, 0.1) is 26.6 Å². The molecule has 0 heterocycles. The van der Waals surface area contributed by atoms with Gasteiger partial charge in [0.15, 0.2) is 0 Å². The molecule has 148 valence electrons. The molecular formula is C21H27ClFNO3. The molecule has 0 bridgehead atoms. The Labute approximate surface area is 166 Å². The number of esters is 1. The number of rotatable bonds is 6. The summed E-state index contributed by atoms with van der Waals surface area (Å²) in [6.07, 6.45) is -0.0613. The summed E-state index contributed by atoms with van der Waals surface area (Å²) in [6.45, 7) is 7.68. The van der Waals surface area contributed by atoms with Crippen LogP contribution < -0.4 is 10.5 Å². The molecule has 0 fully saturated rings. The number of benzene rings is 2. The van der Waals surface area contributed by atoms with Crippen LogP contribution in [0.5, 0.6) is 5.75 Å². The molecule has 0 aromatic heterocycles. The zero-order chi connectivity index (χ0) is 19.4. The van der Waals surface area contributed by atoms with Crippen LogP contribution in [0.4, 0.5) is 4.39 Å². The number of carbonyl (C=O) groups excluding carboxylic acids is 1. The molecule has 0 amide bonds. The van der Waals surface area contributed by atoms with Crippen LogP contribution in [0.25, 0.3) is 11.1 Å². The Morgan fingerprint density at radius 3 is 2.22 bits per heavy atom. The maximum absolute atomic E-state index is 14.7. The molecule has 2 N–H and O–H groups in total. The topological polar surface area (TPSA) is 61.5 Å². The number of aryl methyl sites for hydroxylation is 3. The van der Waals surface area contributed by atoms with Gasteiger partial charge in [0.25, 0.3) is 0 Å². The molecule has 4 nitrogen and oxygen atoms in total. The summed E-state index contributed by atoms with van der Waals surface area (Å²) < 4.78 is 24.9. The number of carbonyl (C=O) groups is 1. The second-order valence-electron chi connectivity index (χ2n) is 6.45. The Morgan fingerprint density at radius 2 is 1.70 bits per heavy atom. The van der Waals surface area contributed by atoms with E-state index in [4.69, 9.17) is 15.2 Å². The van der Waals surface area contributed by atoms with Gasteiger partial charge in [0, 0.05) is 11.6 Å². The van der Waals surface area contributed by atoms with E-state index in [-0.39, 0.29) is 31.3 Å². The standard InChI is InChI=1S/C21H26FNO3.ClH/c1-6-26-19(24)11-18(23)17-10-15(7-14(4)21(17)22)20-12(2)8-16(25-5)9-13(20)3;/h7-10,18H,6,11,23H2,1-5H3;1H/t18-;/m0./s1. The zero-order valence-electron chi connectivity index (χ0n) is 16.4. The summed E-state index contributed by atoms with van der Waals surface area (Å²) in [7, 11) is 1.63. The number of hydrogen-bond acceptors (Lipinski definition) is 4. The van der Waals surface area contributed by atoms with Crippen molar-refractivity contribution < 1.29 is 18.7 Å². The Kier molecular flexibility index (Phi) is 8.25. The molecule has 1 atom stereocenters. The lowest BCUT2D eigenvalue weighted by Gasteiger charge is -2.18. The Bertz CT molecular complexity index is 800. The Hall–Kier alpha value is -2.11. The van der Waals surface area contributed by atoms with Crippen molar-refractivity contribution >= 4 is 18.4 Å². The summed E-state index contributed by atoms with van der Waals surface area (Å²) in [4.78, 5) is 11.7. The first-order valence-corrected chi connectivity index (χ1v) is 8.65. The molecule has 0 unspecified atom stereocenters. The van der Waals surface area contributed by atoms with E-state index < -0.39 is 12.0 Å². The highest BCUT2D eigenvalue weighted by Crippen LogP contribution is 2.34. The van der Waals surface area contributed by atoms with Crippen LogP contribution in [-0.4, -0.2) is 19.7 Å². The molecule has 2 rings (SSSR count). The molecule has 0 aliphatic heterocycles. The number of halogens is 2. The van der Waals surface area contributed by atoms with E-state index in [1.54, 1.807) is 33.1 Å². The van der Waals surface area contributed by atoms with Gasteiger partial charge in [0.1, 0.15) is 11.6 Å². The van der Waals surface area contributed by atoms with Crippen LogP contribution in [0.1, 0.15) is 41.6 Å². The average molecular weight is 396 g/mol. The second kappa shape index (κ2) is 9.72.